The van der Waals surface area contributed by atoms with Gasteiger partial charge in [0, 0.05) is 30.9 Å². The quantitative estimate of drug-likeness (QED) is 0.771. The molecule has 1 heterocycles. The molecule has 7 nitrogen and oxygen atoms in total. The number of urea groups is 1. The Hall–Kier alpha value is -2.28. The minimum atomic E-state index is -1.05. The maximum Gasteiger partial charge on any atom is 0.341 e. The molecular formula is C14H19N3O4. The minimum absolute atomic E-state index is 0.168. The van der Waals surface area contributed by atoms with Crippen LogP contribution in [0.3, 0.4) is 0 Å². The number of piperidine rings is 1. The van der Waals surface area contributed by atoms with Crippen LogP contribution in [-0.2, 0) is 4.79 Å². The van der Waals surface area contributed by atoms with Gasteiger partial charge in [0.05, 0.1) is 0 Å². The largest absolute Gasteiger partial charge is 0.482 e. The number of likely N-dealkylation sites (tertiary alicyclic amines) is 1. The van der Waals surface area contributed by atoms with Crippen molar-refractivity contribution in [3.8, 4) is 5.75 Å². The summed E-state index contributed by atoms with van der Waals surface area (Å²) < 4.78 is 5.07. The number of aliphatic carboxylic acids is 1. The first-order valence-electron chi connectivity index (χ1n) is 6.81. The van der Waals surface area contributed by atoms with Crippen LogP contribution in [-0.4, -0.2) is 47.7 Å². The molecule has 0 saturated carbocycles. The van der Waals surface area contributed by atoms with Crippen LogP contribution in [0.15, 0.2) is 24.3 Å². The summed E-state index contributed by atoms with van der Waals surface area (Å²) in [6.45, 7) is 0.867. The molecule has 0 radical (unpaired) electrons. The molecule has 1 aromatic rings. The second-order valence-corrected chi connectivity index (χ2v) is 4.96. The maximum absolute atomic E-state index is 12.1. The van der Waals surface area contributed by atoms with Crippen LogP contribution in [0.5, 0.6) is 5.75 Å². The maximum atomic E-state index is 12.1. The fourth-order valence-electron chi connectivity index (χ4n) is 2.11. The molecule has 1 aliphatic rings. The van der Waals surface area contributed by atoms with E-state index in [1.54, 1.807) is 29.2 Å². The molecule has 1 fully saturated rings. The molecular weight excluding hydrogens is 274 g/mol. The molecule has 0 spiro atoms. The van der Waals surface area contributed by atoms with Crippen LogP contribution in [0.4, 0.5) is 10.5 Å². The number of amides is 2. The zero-order valence-electron chi connectivity index (χ0n) is 11.6. The van der Waals surface area contributed by atoms with Crippen molar-refractivity contribution < 1.29 is 19.4 Å². The number of ether oxygens (including phenoxy) is 1. The van der Waals surface area contributed by atoms with Crippen molar-refractivity contribution in [1.82, 2.24) is 4.90 Å². The second-order valence-electron chi connectivity index (χ2n) is 4.96. The lowest BCUT2D eigenvalue weighted by Gasteiger charge is -2.30. The van der Waals surface area contributed by atoms with Crippen molar-refractivity contribution in [3.05, 3.63) is 24.3 Å². The summed E-state index contributed by atoms with van der Waals surface area (Å²) in [7, 11) is 0. The summed E-state index contributed by atoms with van der Waals surface area (Å²) in [6, 6.07) is 6.63. The molecule has 0 aliphatic carbocycles. The molecule has 114 valence electrons. The molecule has 0 bridgehead atoms. The number of carboxylic acids is 1. The van der Waals surface area contributed by atoms with E-state index in [0.717, 1.165) is 12.8 Å². The van der Waals surface area contributed by atoms with Crippen LogP contribution in [0.25, 0.3) is 0 Å². The van der Waals surface area contributed by atoms with Gasteiger partial charge in [0.15, 0.2) is 6.61 Å². The molecule has 0 aromatic heterocycles. The summed E-state index contributed by atoms with van der Waals surface area (Å²) in [4.78, 5) is 24.3. The normalized spacial score (nSPS) is 15.6. The van der Waals surface area contributed by atoms with Gasteiger partial charge in [-0.1, -0.05) is 6.07 Å². The summed E-state index contributed by atoms with van der Waals surface area (Å²) in [6.07, 6.45) is 1.60. The first-order valence-corrected chi connectivity index (χ1v) is 6.81. The van der Waals surface area contributed by atoms with Gasteiger partial charge in [0.1, 0.15) is 5.75 Å². The lowest BCUT2D eigenvalue weighted by Crippen LogP contribution is -2.44. The van der Waals surface area contributed by atoms with Crippen LogP contribution in [0, 0.1) is 0 Å². The third-order valence-corrected chi connectivity index (χ3v) is 3.27. The molecule has 2 amide bonds. The zero-order valence-corrected chi connectivity index (χ0v) is 11.6. The van der Waals surface area contributed by atoms with Crippen LogP contribution >= 0.6 is 0 Å². The number of benzene rings is 1. The van der Waals surface area contributed by atoms with E-state index < -0.39 is 12.6 Å². The third-order valence-electron chi connectivity index (χ3n) is 3.27. The fraction of sp³-hybridized carbons (Fsp3) is 0.429. The van der Waals surface area contributed by atoms with Crippen molar-refractivity contribution >= 4 is 17.7 Å². The lowest BCUT2D eigenvalue weighted by atomic mass is 10.1. The highest BCUT2D eigenvalue weighted by molar-refractivity contribution is 5.89. The highest BCUT2D eigenvalue weighted by atomic mass is 16.5. The minimum Gasteiger partial charge on any atom is -0.482 e. The summed E-state index contributed by atoms with van der Waals surface area (Å²) >= 11 is 0. The highest BCUT2D eigenvalue weighted by Crippen LogP contribution is 2.18. The van der Waals surface area contributed by atoms with Crippen LogP contribution < -0.4 is 15.8 Å². The Balaban J connectivity index is 1.91. The predicted molar refractivity (Wildman–Crippen MR) is 77.4 cm³/mol. The smallest absolute Gasteiger partial charge is 0.341 e. The molecule has 0 atom stereocenters. The van der Waals surface area contributed by atoms with Gasteiger partial charge < -0.3 is 25.8 Å². The summed E-state index contributed by atoms with van der Waals surface area (Å²) in [5.41, 5.74) is 6.37. The Bertz CT molecular complexity index is 513. The summed E-state index contributed by atoms with van der Waals surface area (Å²) in [5, 5.41) is 11.3. The van der Waals surface area contributed by atoms with Crippen LogP contribution in [0.1, 0.15) is 12.8 Å². The van der Waals surface area contributed by atoms with Gasteiger partial charge in [-0.25, -0.2) is 9.59 Å². The van der Waals surface area contributed by atoms with E-state index in [9.17, 15) is 9.59 Å². The van der Waals surface area contributed by atoms with E-state index in [1.807, 2.05) is 0 Å². The van der Waals surface area contributed by atoms with E-state index in [2.05, 4.69) is 5.32 Å². The van der Waals surface area contributed by atoms with Crippen LogP contribution in [0.2, 0.25) is 0 Å². The van der Waals surface area contributed by atoms with Gasteiger partial charge in [-0.15, -0.1) is 0 Å². The number of rotatable bonds is 4. The number of hydrogen-bond acceptors (Lipinski definition) is 4. The Morgan fingerprint density at radius 1 is 1.38 bits per heavy atom. The fourth-order valence-corrected chi connectivity index (χ4v) is 2.11. The Labute approximate surface area is 122 Å². The van der Waals surface area contributed by atoms with E-state index >= 15 is 0 Å². The van der Waals surface area contributed by atoms with Gasteiger partial charge in [0.25, 0.3) is 0 Å². The zero-order chi connectivity index (χ0) is 15.2. The van der Waals surface area contributed by atoms with Crippen molar-refractivity contribution in [2.75, 3.05) is 25.0 Å². The molecule has 7 heteroatoms. The van der Waals surface area contributed by atoms with E-state index in [0.29, 0.717) is 24.5 Å². The standard InChI is InChI=1S/C14H19N3O4/c15-10-4-6-17(7-5-10)14(20)16-11-2-1-3-12(8-11)21-9-13(18)19/h1-3,8,10H,4-7,9,15H2,(H,16,20)(H,18,19). The average Bonchev–Trinajstić information content (AvgIpc) is 2.46. The number of carbonyl (C=O) groups excluding carboxylic acids is 1. The molecule has 21 heavy (non-hydrogen) atoms. The predicted octanol–water partition coefficient (Wildman–Crippen LogP) is 1.10. The molecule has 1 saturated heterocycles. The van der Waals surface area contributed by atoms with Crippen molar-refractivity contribution in [1.29, 1.82) is 0 Å². The monoisotopic (exact) mass is 293 g/mol. The van der Waals surface area contributed by atoms with Gasteiger partial charge in [-0.2, -0.15) is 0 Å². The Morgan fingerprint density at radius 2 is 2.10 bits per heavy atom. The SMILES string of the molecule is NC1CCN(C(=O)Nc2cccc(OCC(=O)O)c2)CC1. The first-order chi connectivity index (χ1) is 10.0. The molecule has 4 N–H and O–H groups in total. The number of nitrogens with one attached hydrogen (secondary N) is 1. The number of nitrogens with zero attached hydrogens (tertiary/aromatic N) is 1. The average molecular weight is 293 g/mol. The number of hydrogen-bond donors (Lipinski definition) is 3. The number of carboxylic acid groups (broad SMARTS) is 1. The highest BCUT2D eigenvalue weighted by Gasteiger charge is 2.20. The molecule has 1 aromatic carbocycles. The topological polar surface area (TPSA) is 105 Å². The number of nitrogens with two attached hydrogens (primary N) is 1. The molecule has 0 unspecified atom stereocenters. The van der Waals surface area contributed by atoms with Crippen molar-refractivity contribution in [2.45, 2.75) is 18.9 Å². The number of carbonyl (C=O) groups is 2. The van der Waals surface area contributed by atoms with Gasteiger partial charge in [0.2, 0.25) is 0 Å². The molecule has 1 aliphatic heterocycles. The first kappa shape index (κ1) is 15.1. The summed E-state index contributed by atoms with van der Waals surface area (Å²) in [5.74, 6) is -0.648. The Morgan fingerprint density at radius 3 is 2.76 bits per heavy atom. The lowest BCUT2D eigenvalue weighted by molar-refractivity contribution is -0.139. The van der Waals surface area contributed by atoms with Crippen molar-refractivity contribution in [3.63, 3.8) is 0 Å². The Kier molecular flexibility index (Phi) is 4.99. The van der Waals surface area contributed by atoms with E-state index in [-0.39, 0.29) is 12.1 Å². The number of anilines is 1. The van der Waals surface area contributed by atoms with Gasteiger partial charge in [-0.3, -0.25) is 0 Å². The van der Waals surface area contributed by atoms with E-state index in [1.165, 1.54) is 0 Å². The van der Waals surface area contributed by atoms with Crippen molar-refractivity contribution in [2.24, 2.45) is 5.73 Å². The molecule has 2 rings (SSSR count). The van der Waals surface area contributed by atoms with E-state index in [4.69, 9.17) is 15.6 Å². The van der Waals surface area contributed by atoms with Gasteiger partial charge in [-0.05, 0) is 25.0 Å². The second kappa shape index (κ2) is 6.94. The van der Waals surface area contributed by atoms with Gasteiger partial charge >= 0.3 is 12.0 Å². The third kappa shape index (κ3) is 4.64.